The Kier molecular flexibility index (Phi) is 3.84. The zero-order chi connectivity index (χ0) is 13.3. The van der Waals surface area contributed by atoms with Gasteiger partial charge in [0, 0.05) is 19.6 Å². The van der Waals surface area contributed by atoms with Gasteiger partial charge >= 0.3 is 0 Å². The molecule has 1 atom stereocenters. The lowest BCUT2D eigenvalue weighted by Gasteiger charge is -2.28. The lowest BCUT2D eigenvalue weighted by Crippen LogP contribution is -2.33. The summed E-state index contributed by atoms with van der Waals surface area (Å²) in [6.45, 7) is 0.389. The molecule has 0 spiro atoms. The Morgan fingerprint density at radius 2 is 2.22 bits per heavy atom. The molecular formula is C12H17ClN2O2S. The van der Waals surface area contributed by atoms with E-state index in [0.717, 1.165) is 11.3 Å². The molecule has 0 radical (unpaired) electrons. The number of nitrogens with zero attached hydrogens (tertiary/aromatic N) is 1. The largest absolute Gasteiger partial charge is 0.369 e. The highest BCUT2D eigenvalue weighted by Gasteiger charge is 2.32. The number of benzene rings is 1. The fraction of sp³-hybridized carbons (Fsp3) is 0.500. The third kappa shape index (κ3) is 2.63. The predicted molar refractivity (Wildman–Crippen MR) is 74.8 cm³/mol. The van der Waals surface area contributed by atoms with E-state index in [9.17, 15) is 8.42 Å². The maximum Gasteiger partial charge on any atom is 0.152 e. The second-order valence-electron chi connectivity index (χ2n) is 4.62. The maximum atomic E-state index is 11.5. The second kappa shape index (κ2) is 5.07. The summed E-state index contributed by atoms with van der Waals surface area (Å²) in [4.78, 5) is 1.95. The van der Waals surface area contributed by atoms with Crippen LogP contribution in [0.1, 0.15) is 12.0 Å². The molecule has 0 bridgehead atoms. The number of halogens is 1. The molecule has 1 aromatic carbocycles. The molecule has 1 saturated heterocycles. The summed E-state index contributed by atoms with van der Waals surface area (Å²) in [5, 5.41) is 0.616. The first-order valence-corrected chi connectivity index (χ1v) is 8.05. The van der Waals surface area contributed by atoms with E-state index in [4.69, 9.17) is 17.3 Å². The van der Waals surface area contributed by atoms with E-state index in [1.54, 1.807) is 6.07 Å². The van der Waals surface area contributed by atoms with Crippen molar-refractivity contribution in [1.82, 2.24) is 0 Å². The Labute approximate surface area is 113 Å². The highest BCUT2D eigenvalue weighted by Crippen LogP contribution is 2.32. The van der Waals surface area contributed by atoms with Crippen molar-refractivity contribution < 1.29 is 8.42 Å². The topological polar surface area (TPSA) is 63.4 Å². The number of anilines is 1. The molecule has 0 amide bonds. The van der Waals surface area contributed by atoms with E-state index in [-0.39, 0.29) is 17.5 Å². The van der Waals surface area contributed by atoms with Crippen LogP contribution in [-0.2, 0) is 16.4 Å². The minimum Gasteiger partial charge on any atom is -0.369 e. The molecule has 18 heavy (non-hydrogen) atoms. The Morgan fingerprint density at radius 1 is 1.50 bits per heavy atom. The molecule has 6 heteroatoms. The summed E-state index contributed by atoms with van der Waals surface area (Å²) in [6.07, 6.45) is 0.647. The van der Waals surface area contributed by atoms with Gasteiger partial charge in [0.25, 0.3) is 0 Å². The molecule has 0 aromatic heterocycles. The minimum absolute atomic E-state index is 0.0137. The Balaban J connectivity index is 2.32. The van der Waals surface area contributed by atoms with Crippen molar-refractivity contribution in [3.8, 4) is 0 Å². The summed E-state index contributed by atoms with van der Waals surface area (Å²) in [5.41, 5.74) is 7.50. The van der Waals surface area contributed by atoms with Crippen LogP contribution in [0.2, 0.25) is 5.02 Å². The van der Waals surface area contributed by atoms with Crippen LogP contribution in [0.4, 0.5) is 5.69 Å². The smallest absolute Gasteiger partial charge is 0.152 e. The molecule has 1 unspecified atom stereocenters. The zero-order valence-corrected chi connectivity index (χ0v) is 11.8. The van der Waals surface area contributed by atoms with Gasteiger partial charge in [-0.1, -0.05) is 23.7 Å². The average Bonchev–Trinajstić information content (AvgIpc) is 2.68. The Bertz CT molecular complexity index is 545. The monoisotopic (exact) mass is 288 g/mol. The Hall–Kier alpha value is -0.780. The lowest BCUT2D eigenvalue weighted by molar-refractivity contribution is 0.601. The van der Waals surface area contributed by atoms with Gasteiger partial charge in [-0.3, -0.25) is 0 Å². The summed E-state index contributed by atoms with van der Waals surface area (Å²) < 4.78 is 23.1. The highest BCUT2D eigenvalue weighted by atomic mass is 35.5. The van der Waals surface area contributed by atoms with E-state index in [2.05, 4.69) is 0 Å². The highest BCUT2D eigenvalue weighted by molar-refractivity contribution is 7.91. The van der Waals surface area contributed by atoms with Crippen LogP contribution in [0.15, 0.2) is 18.2 Å². The van der Waals surface area contributed by atoms with Gasteiger partial charge in [0.1, 0.15) is 0 Å². The summed E-state index contributed by atoms with van der Waals surface area (Å²) in [5.74, 6) is 0.448. The van der Waals surface area contributed by atoms with Crippen molar-refractivity contribution in [1.29, 1.82) is 0 Å². The molecule has 0 aliphatic carbocycles. The predicted octanol–water partition coefficient (Wildman–Crippen LogP) is 1.42. The van der Waals surface area contributed by atoms with Crippen molar-refractivity contribution in [2.45, 2.75) is 19.0 Å². The van der Waals surface area contributed by atoms with Gasteiger partial charge in [-0.05, 0) is 18.1 Å². The van der Waals surface area contributed by atoms with E-state index in [1.807, 2.05) is 24.1 Å². The molecule has 100 valence electrons. The first kappa shape index (κ1) is 13.6. The quantitative estimate of drug-likeness (QED) is 0.914. The summed E-state index contributed by atoms with van der Waals surface area (Å²) in [6, 6.07) is 5.56. The maximum absolute atomic E-state index is 11.5. The SMILES string of the molecule is CN(c1c(Cl)cccc1CN)C1CCS(=O)(=O)C1. The molecule has 1 fully saturated rings. The van der Waals surface area contributed by atoms with Crippen LogP contribution in [0, 0.1) is 0 Å². The van der Waals surface area contributed by atoms with E-state index in [1.165, 1.54) is 0 Å². The number of para-hydroxylation sites is 1. The van der Waals surface area contributed by atoms with Crippen LogP contribution in [0.5, 0.6) is 0 Å². The summed E-state index contributed by atoms with van der Waals surface area (Å²) >= 11 is 6.21. The van der Waals surface area contributed by atoms with Gasteiger partial charge in [-0.2, -0.15) is 0 Å². The normalized spacial score (nSPS) is 22.1. The van der Waals surface area contributed by atoms with Gasteiger partial charge in [0.2, 0.25) is 0 Å². The van der Waals surface area contributed by atoms with Gasteiger partial charge in [-0.25, -0.2) is 8.42 Å². The molecule has 0 saturated carbocycles. The molecule has 2 N–H and O–H groups in total. The second-order valence-corrected chi connectivity index (χ2v) is 7.26. The lowest BCUT2D eigenvalue weighted by atomic mass is 10.1. The van der Waals surface area contributed by atoms with Gasteiger partial charge in [0.05, 0.1) is 22.2 Å². The average molecular weight is 289 g/mol. The fourth-order valence-corrected chi connectivity index (χ4v) is 4.48. The molecule has 1 aliphatic rings. The van der Waals surface area contributed by atoms with Crippen LogP contribution in [0.3, 0.4) is 0 Å². The Morgan fingerprint density at radius 3 is 2.78 bits per heavy atom. The van der Waals surface area contributed by atoms with E-state index in [0.29, 0.717) is 18.0 Å². The molecule has 1 aromatic rings. The van der Waals surface area contributed by atoms with Crippen LogP contribution >= 0.6 is 11.6 Å². The van der Waals surface area contributed by atoms with Crippen molar-refractivity contribution in [2.24, 2.45) is 5.73 Å². The number of rotatable bonds is 3. The summed E-state index contributed by atoms with van der Waals surface area (Å²) in [7, 11) is -1.02. The van der Waals surface area contributed by atoms with Crippen molar-refractivity contribution in [3.63, 3.8) is 0 Å². The van der Waals surface area contributed by atoms with Crippen LogP contribution in [0.25, 0.3) is 0 Å². The molecule has 1 heterocycles. The molecule has 4 nitrogen and oxygen atoms in total. The van der Waals surface area contributed by atoms with Crippen LogP contribution in [-0.4, -0.2) is 33.0 Å². The third-order valence-electron chi connectivity index (χ3n) is 3.40. The zero-order valence-electron chi connectivity index (χ0n) is 10.3. The van der Waals surface area contributed by atoms with E-state index >= 15 is 0 Å². The minimum atomic E-state index is -2.90. The third-order valence-corrected chi connectivity index (χ3v) is 5.45. The molecular weight excluding hydrogens is 272 g/mol. The standard InChI is InChI=1S/C12H17ClN2O2S/c1-15(10-5-6-18(16,17)8-10)12-9(7-14)3-2-4-11(12)13/h2-4,10H,5-8,14H2,1H3. The number of hydrogen-bond donors (Lipinski definition) is 1. The van der Waals surface area contributed by atoms with Crippen molar-refractivity contribution in [3.05, 3.63) is 28.8 Å². The number of nitrogens with two attached hydrogens (primary N) is 1. The molecule has 1 aliphatic heterocycles. The fourth-order valence-electron chi connectivity index (χ4n) is 2.38. The number of sulfone groups is 1. The first-order chi connectivity index (χ1) is 8.44. The van der Waals surface area contributed by atoms with Gasteiger partial charge < -0.3 is 10.6 Å². The van der Waals surface area contributed by atoms with Gasteiger partial charge in [0.15, 0.2) is 9.84 Å². The van der Waals surface area contributed by atoms with Gasteiger partial charge in [-0.15, -0.1) is 0 Å². The van der Waals surface area contributed by atoms with Crippen molar-refractivity contribution >= 4 is 27.1 Å². The first-order valence-electron chi connectivity index (χ1n) is 5.85. The van der Waals surface area contributed by atoms with Crippen molar-refractivity contribution in [2.75, 3.05) is 23.5 Å². The van der Waals surface area contributed by atoms with Crippen LogP contribution < -0.4 is 10.6 Å². The van der Waals surface area contributed by atoms with E-state index < -0.39 is 9.84 Å². The number of hydrogen-bond acceptors (Lipinski definition) is 4. The molecule has 2 rings (SSSR count).